The topological polar surface area (TPSA) is 141 Å². The molecule has 0 amide bonds. The predicted octanol–water partition coefficient (Wildman–Crippen LogP) is 3.87. The number of carbonyl (C=O) groups excluding carboxylic acids is 2. The molecule has 2 aromatic rings. The molecule has 36 heavy (non-hydrogen) atoms. The van der Waals surface area contributed by atoms with E-state index in [0.29, 0.717) is 6.61 Å². The monoisotopic (exact) mass is 491 g/mol. The molecule has 186 valence electrons. The summed E-state index contributed by atoms with van der Waals surface area (Å²) in [6, 6.07) is 17.0. The van der Waals surface area contributed by atoms with Gasteiger partial charge in [0.05, 0.1) is 30.3 Å². The van der Waals surface area contributed by atoms with Crippen LogP contribution in [0.1, 0.15) is 30.9 Å². The number of aliphatic imine (C=N–C) groups is 1. The molecule has 0 radical (unpaired) electrons. The molecule has 2 unspecified atom stereocenters. The molecule has 1 aliphatic heterocycles. The Morgan fingerprint density at radius 1 is 1.11 bits per heavy atom. The highest BCUT2D eigenvalue weighted by Gasteiger charge is 2.44. The minimum absolute atomic E-state index is 0.0237. The maximum absolute atomic E-state index is 13.2. The van der Waals surface area contributed by atoms with Gasteiger partial charge in [-0.2, -0.15) is 5.26 Å². The molecule has 0 spiro atoms. The molecular weight excluding hydrogens is 466 g/mol. The number of carbonyl (C=O) groups is 2. The van der Waals surface area contributed by atoms with Gasteiger partial charge in [-0.25, -0.2) is 9.79 Å². The molecule has 2 atom stereocenters. The van der Waals surface area contributed by atoms with Crippen LogP contribution < -0.4 is 0 Å². The highest BCUT2D eigenvalue weighted by Crippen LogP contribution is 2.41. The van der Waals surface area contributed by atoms with Crippen LogP contribution in [0.3, 0.4) is 0 Å². The van der Waals surface area contributed by atoms with Gasteiger partial charge in [0.15, 0.2) is 0 Å². The van der Waals surface area contributed by atoms with Crippen LogP contribution in [0.4, 0.5) is 5.69 Å². The third-order valence-corrected chi connectivity index (χ3v) is 5.50. The van der Waals surface area contributed by atoms with Crippen molar-refractivity contribution in [1.29, 1.82) is 5.26 Å². The summed E-state index contributed by atoms with van der Waals surface area (Å²) in [5, 5.41) is 21.1. The third-order valence-electron chi connectivity index (χ3n) is 5.50. The summed E-state index contributed by atoms with van der Waals surface area (Å²) < 4.78 is 16.1. The van der Waals surface area contributed by atoms with Crippen molar-refractivity contribution in [2.75, 3.05) is 19.8 Å². The van der Waals surface area contributed by atoms with Gasteiger partial charge >= 0.3 is 11.9 Å². The summed E-state index contributed by atoms with van der Waals surface area (Å²) in [7, 11) is 0. The number of esters is 2. The third kappa shape index (κ3) is 6.20. The van der Waals surface area contributed by atoms with Gasteiger partial charge in [0.2, 0.25) is 0 Å². The first-order valence-corrected chi connectivity index (χ1v) is 11.3. The molecule has 2 aromatic carbocycles. The van der Waals surface area contributed by atoms with Crippen molar-refractivity contribution in [2.45, 2.75) is 26.4 Å². The summed E-state index contributed by atoms with van der Waals surface area (Å²) in [5.74, 6) is -3.85. The highest BCUT2D eigenvalue weighted by molar-refractivity contribution is 6.14. The van der Waals surface area contributed by atoms with Crippen LogP contribution in [-0.4, -0.2) is 42.4 Å². The van der Waals surface area contributed by atoms with Gasteiger partial charge in [-0.3, -0.25) is 14.9 Å². The average molecular weight is 492 g/mol. The number of non-ortho nitro benzene ring substituents is 1. The van der Waals surface area contributed by atoms with Crippen LogP contribution in [0.5, 0.6) is 0 Å². The Bertz CT molecular complexity index is 1230. The van der Waals surface area contributed by atoms with E-state index in [2.05, 4.69) is 4.99 Å². The van der Waals surface area contributed by atoms with Crippen molar-refractivity contribution in [3.05, 3.63) is 87.1 Å². The largest absolute Gasteiger partial charge is 0.465 e. The lowest BCUT2D eigenvalue weighted by Crippen LogP contribution is -2.37. The fourth-order valence-electron chi connectivity index (χ4n) is 3.94. The Morgan fingerprint density at radius 3 is 2.53 bits per heavy atom. The van der Waals surface area contributed by atoms with Gasteiger partial charge in [0, 0.05) is 23.7 Å². The molecule has 0 saturated heterocycles. The van der Waals surface area contributed by atoms with E-state index in [4.69, 9.17) is 14.2 Å². The number of nitriles is 1. The molecule has 10 heteroatoms. The zero-order valence-electron chi connectivity index (χ0n) is 19.9. The van der Waals surface area contributed by atoms with E-state index in [0.717, 1.165) is 5.56 Å². The lowest BCUT2D eigenvalue weighted by molar-refractivity contribution is -0.384. The maximum atomic E-state index is 13.2. The van der Waals surface area contributed by atoms with Crippen molar-refractivity contribution < 1.29 is 28.7 Å². The van der Waals surface area contributed by atoms with Gasteiger partial charge in [-0.05, 0) is 25.0 Å². The molecule has 1 heterocycles. The van der Waals surface area contributed by atoms with Crippen molar-refractivity contribution in [3.8, 4) is 6.07 Å². The highest BCUT2D eigenvalue weighted by atomic mass is 16.6. The summed E-state index contributed by atoms with van der Waals surface area (Å²) in [6.45, 7) is 3.57. The number of nitrogens with zero attached hydrogens (tertiary/aromatic N) is 3. The van der Waals surface area contributed by atoms with E-state index < -0.39 is 28.7 Å². The molecule has 0 saturated carbocycles. The zero-order valence-corrected chi connectivity index (χ0v) is 19.9. The van der Waals surface area contributed by atoms with Crippen LogP contribution in [0.2, 0.25) is 0 Å². The van der Waals surface area contributed by atoms with Crippen LogP contribution in [-0.2, 0) is 30.4 Å². The van der Waals surface area contributed by atoms with Crippen LogP contribution in [0.15, 0.2) is 70.9 Å². The number of hydrogen-bond acceptors (Lipinski definition) is 9. The molecular formula is C26H25N3O7. The molecule has 0 N–H and O–H groups in total. The number of hydrogen-bond donors (Lipinski definition) is 0. The smallest absolute Gasteiger partial charge is 0.336 e. The van der Waals surface area contributed by atoms with Crippen molar-refractivity contribution in [3.63, 3.8) is 0 Å². The maximum Gasteiger partial charge on any atom is 0.336 e. The fraction of sp³-hybridized carbons (Fsp3) is 0.308. The number of nitro groups is 1. The minimum Gasteiger partial charge on any atom is -0.465 e. The second-order valence-corrected chi connectivity index (χ2v) is 7.84. The lowest BCUT2D eigenvalue weighted by atomic mass is 9.75. The first-order valence-electron chi connectivity index (χ1n) is 11.3. The Morgan fingerprint density at radius 2 is 1.86 bits per heavy atom. The molecule has 0 aromatic heterocycles. The van der Waals surface area contributed by atoms with Crippen molar-refractivity contribution in [2.24, 2.45) is 10.9 Å². The zero-order chi connectivity index (χ0) is 26.1. The number of ether oxygens (including phenoxy) is 3. The van der Waals surface area contributed by atoms with Crippen molar-refractivity contribution >= 4 is 23.3 Å². The Labute approximate surface area is 208 Å². The SMILES string of the molecule is CCOC(=O)C1C(C#N)=NC(C)=C(C(=O)OCCOCc2ccccc2)C1c1cccc([N+](=O)[O-])c1. The first-order chi connectivity index (χ1) is 17.4. The van der Waals surface area contributed by atoms with Gasteiger partial charge in [-0.15, -0.1) is 0 Å². The lowest BCUT2D eigenvalue weighted by Gasteiger charge is -2.30. The van der Waals surface area contributed by atoms with E-state index in [1.807, 2.05) is 36.4 Å². The van der Waals surface area contributed by atoms with E-state index in [1.54, 1.807) is 13.0 Å². The molecule has 3 rings (SSSR count). The van der Waals surface area contributed by atoms with E-state index in [9.17, 15) is 25.0 Å². The molecule has 0 fully saturated rings. The fourth-order valence-corrected chi connectivity index (χ4v) is 3.94. The number of allylic oxidation sites excluding steroid dienone is 1. The van der Waals surface area contributed by atoms with Gasteiger partial charge < -0.3 is 14.2 Å². The summed E-state index contributed by atoms with van der Waals surface area (Å²) in [4.78, 5) is 41.1. The molecule has 1 aliphatic rings. The van der Waals surface area contributed by atoms with Crippen molar-refractivity contribution in [1.82, 2.24) is 0 Å². The van der Waals surface area contributed by atoms with Crippen LogP contribution in [0.25, 0.3) is 0 Å². The van der Waals surface area contributed by atoms with E-state index in [1.165, 1.54) is 25.1 Å². The number of nitro benzene ring substituents is 1. The summed E-state index contributed by atoms with van der Waals surface area (Å²) in [6.07, 6.45) is 0. The van der Waals surface area contributed by atoms with E-state index >= 15 is 0 Å². The Kier molecular flexibility index (Phi) is 9.02. The number of benzene rings is 2. The quantitative estimate of drug-likeness (QED) is 0.211. The molecule has 10 nitrogen and oxygen atoms in total. The normalized spacial score (nSPS) is 17.1. The minimum atomic E-state index is -1.27. The number of rotatable bonds is 10. The van der Waals surface area contributed by atoms with Gasteiger partial charge in [0.25, 0.3) is 5.69 Å². The first kappa shape index (κ1) is 26.2. The van der Waals surface area contributed by atoms with Gasteiger partial charge in [-0.1, -0.05) is 42.5 Å². The van der Waals surface area contributed by atoms with Crippen LogP contribution >= 0.6 is 0 Å². The standard InChI is InChI=1S/C26H25N3O7/c1-3-35-26(31)24-21(15-27)28-17(2)22(23(24)19-10-7-11-20(14-19)29(32)33)25(30)36-13-12-34-16-18-8-5-4-6-9-18/h4-11,14,23-24H,3,12-13,16H2,1-2H3. The predicted molar refractivity (Wildman–Crippen MR) is 129 cm³/mol. The average Bonchev–Trinajstić information content (AvgIpc) is 2.88. The second-order valence-electron chi connectivity index (χ2n) is 7.84. The Hall–Kier alpha value is -4.36. The Balaban J connectivity index is 1.88. The summed E-state index contributed by atoms with van der Waals surface area (Å²) in [5.41, 5.74) is 1.09. The van der Waals surface area contributed by atoms with Gasteiger partial charge in [0.1, 0.15) is 24.3 Å². The van der Waals surface area contributed by atoms with Crippen LogP contribution in [0, 0.1) is 27.4 Å². The second kappa shape index (κ2) is 12.4. The summed E-state index contributed by atoms with van der Waals surface area (Å²) >= 11 is 0. The van der Waals surface area contributed by atoms with E-state index in [-0.39, 0.29) is 48.1 Å². The molecule has 0 bridgehead atoms. The molecule has 0 aliphatic carbocycles.